The highest BCUT2D eigenvalue weighted by atomic mass is 32.2. The van der Waals surface area contributed by atoms with E-state index in [-0.39, 0.29) is 0 Å². The number of carbonyl (C=O) groups excluding carboxylic acids is 1. The number of carbonyl (C=O) groups is 1. The Labute approximate surface area is 114 Å². The molecule has 0 radical (unpaired) electrons. The Kier molecular flexibility index (Phi) is 5.50. The van der Waals surface area contributed by atoms with E-state index in [1.165, 1.54) is 0 Å². The Morgan fingerprint density at radius 3 is 2.58 bits per heavy atom. The van der Waals surface area contributed by atoms with Crippen LogP contribution in [0.25, 0.3) is 0 Å². The molecule has 0 heterocycles. The first-order chi connectivity index (χ1) is 8.86. The van der Waals surface area contributed by atoms with Gasteiger partial charge in [-0.05, 0) is 38.4 Å². The maximum absolute atomic E-state index is 11.9. The van der Waals surface area contributed by atoms with Gasteiger partial charge in [0.2, 0.25) is 5.91 Å². The lowest BCUT2D eigenvalue weighted by atomic mass is 10.2. The lowest BCUT2D eigenvalue weighted by Crippen LogP contribution is -2.30. The van der Waals surface area contributed by atoms with Gasteiger partial charge in [0, 0.05) is 5.69 Å². The van der Waals surface area contributed by atoms with E-state index >= 15 is 0 Å². The predicted molar refractivity (Wildman–Crippen MR) is 76.7 cm³/mol. The van der Waals surface area contributed by atoms with Gasteiger partial charge in [-0.25, -0.2) is 8.42 Å². The molecule has 5 nitrogen and oxygen atoms in total. The molecule has 0 aliphatic heterocycles. The van der Waals surface area contributed by atoms with Gasteiger partial charge in [0.15, 0.2) is 9.84 Å². The molecule has 0 spiro atoms. The van der Waals surface area contributed by atoms with Crippen molar-refractivity contribution in [2.75, 3.05) is 17.6 Å². The van der Waals surface area contributed by atoms with Crippen LogP contribution in [0.2, 0.25) is 0 Å². The highest BCUT2D eigenvalue weighted by Gasteiger charge is 2.23. The summed E-state index contributed by atoms with van der Waals surface area (Å²) >= 11 is 0. The summed E-state index contributed by atoms with van der Waals surface area (Å²) in [6.07, 6.45) is 0.361. The van der Waals surface area contributed by atoms with E-state index in [9.17, 15) is 13.2 Å². The van der Waals surface area contributed by atoms with Crippen LogP contribution >= 0.6 is 0 Å². The van der Waals surface area contributed by atoms with Crippen molar-refractivity contribution >= 4 is 21.4 Å². The molecule has 1 amide bonds. The summed E-state index contributed by atoms with van der Waals surface area (Å²) in [5.41, 5.74) is 6.86. The summed E-state index contributed by atoms with van der Waals surface area (Å²) in [4.78, 5) is 11.8. The second kappa shape index (κ2) is 6.68. The van der Waals surface area contributed by atoms with E-state index in [0.717, 1.165) is 5.56 Å². The van der Waals surface area contributed by atoms with Gasteiger partial charge in [-0.2, -0.15) is 0 Å². The second-order valence-corrected chi connectivity index (χ2v) is 6.98. The van der Waals surface area contributed by atoms with Crippen molar-refractivity contribution in [3.63, 3.8) is 0 Å². The predicted octanol–water partition coefficient (Wildman–Crippen LogP) is 1.09. The Morgan fingerprint density at radius 1 is 1.37 bits per heavy atom. The van der Waals surface area contributed by atoms with Gasteiger partial charge >= 0.3 is 0 Å². The summed E-state index contributed by atoms with van der Waals surface area (Å²) in [7, 11) is -3.45. The van der Waals surface area contributed by atoms with E-state index in [0.29, 0.717) is 18.7 Å². The number of sulfone groups is 1. The van der Waals surface area contributed by atoms with Crippen LogP contribution in [-0.4, -0.2) is 31.9 Å². The molecule has 0 saturated carbocycles. The van der Waals surface area contributed by atoms with E-state index in [4.69, 9.17) is 5.73 Å². The number of aryl methyl sites for hydroxylation is 1. The van der Waals surface area contributed by atoms with Crippen LogP contribution in [0.4, 0.5) is 5.69 Å². The molecular weight excluding hydrogens is 264 g/mol. The Hall–Kier alpha value is -1.40. The molecule has 6 heteroatoms. The quantitative estimate of drug-likeness (QED) is 0.818. The SMILES string of the molecule is Cc1ccccc1NC(=O)CS(=O)(=O)C(C)CCN. The van der Waals surface area contributed by atoms with E-state index in [1.807, 2.05) is 19.1 Å². The maximum Gasteiger partial charge on any atom is 0.239 e. The van der Waals surface area contributed by atoms with Crippen molar-refractivity contribution < 1.29 is 13.2 Å². The van der Waals surface area contributed by atoms with Crippen LogP contribution in [-0.2, 0) is 14.6 Å². The Bertz CT molecular complexity index is 541. The topological polar surface area (TPSA) is 89.3 Å². The highest BCUT2D eigenvalue weighted by Crippen LogP contribution is 2.14. The summed E-state index contributed by atoms with van der Waals surface area (Å²) in [6, 6.07) is 7.23. The van der Waals surface area contributed by atoms with Crippen LogP contribution < -0.4 is 11.1 Å². The molecule has 1 aromatic carbocycles. The molecule has 1 unspecified atom stereocenters. The number of anilines is 1. The lowest BCUT2D eigenvalue weighted by Gasteiger charge is -2.12. The molecule has 0 bridgehead atoms. The largest absolute Gasteiger partial charge is 0.330 e. The fourth-order valence-electron chi connectivity index (χ4n) is 1.64. The maximum atomic E-state index is 11.9. The number of para-hydroxylation sites is 1. The van der Waals surface area contributed by atoms with Gasteiger partial charge in [0.25, 0.3) is 0 Å². The van der Waals surface area contributed by atoms with Crippen molar-refractivity contribution in [2.24, 2.45) is 5.73 Å². The number of rotatable bonds is 6. The van der Waals surface area contributed by atoms with Crippen LogP contribution in [0.15, 0.2) is 24.3 Å². The third-order valence-electron chi connectivity index (χ3n) is 2.94. The number of amides is 1. The van der Waals surface area contributed by atoms with Crippen LogP contribution in [0.1, 0.15) is 18.9 Å². The molecule has 1 atom stereocenters. The minimum atomic E-state index is -3.45. The van der Waals surface area contributed by atoms with Crippen LogP contribution in [0.5, 0.6) is 0 Å². The summed E-state index contributed by atoms with van der Waals surface area (Å²) in [5.74, 6) is -1.03. The average molecular weight is 284 g/mol. The zero-order valence-corrected chi connectivity index (χ0v) is 12.0. The molecule has 0 saturated heterocycles. The summed E-state index contributed by atoms with van der Waals surface area (Å²) in [5, 5.41) is 2.02. The smallest absolute Gasteiger partial charge is 0.239 e. The molecular formula is C13H20N2O3S. The fraction of sp³-hybridized carbons (Fsp3) is 0.462. The van der Waals surface area contributed by atoms with Crippen LogP contribution in [0, 0.1) is 6.92 Å². The normalized spacial score (nSPS) is 13.0. The summed E-state index contributed by atoms with van der Waals surface area (Å²) in [6.45, 7) is 3.71. The monoisotopic (exact) mass is 284 g/mol. The van der Waals surface area contributed by atoms with E-state index < -0.39 is 26.7 Å². The average Bonchev–Trinajstić information content (AvgIpc) is 2.31. The standard InChI is InChI=1S/C13H20N2O3S/c1-10-5-3-4-6-12(10)15-13(16)9-19(17,18)11(2)7-8-14/h3-6,11H,7-9,14H2,1-2H3,(H,15,16). The first kappa shape index (κ1) is 15.7. The molecule has 106 valence electrons. The van der Waals surface area contributed by atoms with Gasteiger partial charge in [-0.3, -0.25) is 4.79 Å². The van der Waals surface area contributed by atoms with Gasteiger partial charge in [0.05, 0.1) is 5.25 Å². The Morgan fingerprint density at radius 2 is 2.00 bits per heavy atom. The molecule has 1 aromatic rings. The molecule has 19 heavy (non-hydrogen) atoms. The fourth-order valence-corrected chi connectivity index (χ4v) is 2.86. The van der Waals surface area contributed by atoms with E-state index in [1.54, 1.807) is 19.1 Å². The molecule has 0 aliphatic carbocycles. The zero-order chi connectivity index (χ0) is 14.5. The molecule has 0 aromatic heterocycles. The molecule has 0 aliphatic rings. The van der Waals surface area contributed by atoms with Crippen molar-refractivity contribution in [3.05, 3.63) is 29.8 Å². The van der Waals surface area contributed by atoms with Gasteiger partial charge in [-0.15, -0.1) is 0 Å². The van der Waals surface area contributed by atoms with E-state index in [2.05, 4.69) is 5.32 Å². The summed E-state index contributed by atoms with van der Waals surface area (Å²) < 4.78 is 23.8. The lowest BCUT2D eigenvalue weighted by molar-refractivity contribution is -0.113. The first-order valence-electron chi connectivity index (χ1n) is 6.14. The molecule has 0 fully saturated rings. The van der Waals surface area contributed by atoms with Crippen molar-refractivity contribution in [1.82, 2.24) is 0 Å². The number of nitrogens with one attached hydrogen (secondary N) is 1. The van der Waals surface area contributed by atoms with Crippen molar-refractivity contribution in [1.29, 1.82) is 0 Å². The Balaban J connectivity index is 2.68. The second-order valence-electron chi connectivity index (χ2n) is 4.56. The minimum absolute atomic E-state index is 0.291. The van der Waals surface area contributed by atoms with Crippen molar-refractivity contribution in [3.8, 4) is 0 Å². The number of benzene rings is 1. The highest BCUT2D eigenvalue weighted by molar-refractivity contribution is 7.92. The third kappa shape index (κ3) is 4.65. The molecule has 3 N–H and O–H groups in total. The first-order valence-corrected chi connectivity index (χ1v) is 7.85. The van der Waals surface area contributed by atoms with Crippen LogP contribution in [0.3, 0.4) is 0 Å². The third-order valence-corrected chi connectivity index (χ3v) is 5.06. The van der Waals surface area contributed by atoms with Crippen molar-refractivity contribution in [2.45, 2.75) is 25.5 Å². The molecule has 1 rings (SSSR count). The van der Waals surface area contributed by atoms with Gasteiger partial charge in [-0.1, -0.05) is 18.2 Å². The number of hydrogen-bond donors (Lipinski definition) is 2. The van der Waals surface area contributed by atoms with Gasteiger partial charge < -0.3 is 11.1 Å². The number of hydrogen-bond acceptors (Lipinski definition) is 4. The minimum Gasteiger partial charge on any atom is -0.330 e. The van der Waals surface area contributed by atoms with Gasteiger partial charge in [0.1, 0.15) is 5.75 Å². The number of nitrogens with two attached hydrogens (primary N) is 1. The zero-order valence-electron chi connectivity index (χ0n) is 11.2.